The van der Waals surface area contributed by atoms with E-state index < -0.39 is 12.1 Å². The van der Waals surface area contributed by atoms with Crippen molar-refractivity contribution in [3.05, 3.63) is 107 Å². The van der Waals surface area contributed by atoms with E-state index in [0.29, 0.717) is 28.8 Å². The minimum Gasteiger partial charge on any atom is -0.392 e. The van der Waals surface area contributed by atoms with Crippen LogP contribution in [0.5, 0.6) is 0 Å². The smallest absolute Gasteiger partial charge is 0.252 e. The maximum atomic E-state index is 13.8. The van der Waals surface area contributed by atoms with Gasteiger partial charge in [-0.25, -0.2) is 4.52 Å². The lowest BCUT2D eigenvalue weighted by Gasteiger charge is -2.21. The zero-order valence-corrected chi connectivity index (χ0v) is 20.8. The van der Waals surface area contributed by atoms with Crippen molar-refractivity contribution >= 4 is 17.2 Å². The number of aliphatic hydroxyl groups excluding tert-OH is 1. The van der Waals surface area contributed by atoms with Crippen molar-refractivity contribution in [2.45, 2.75) is 31.9 Å². The van der Waals surface area contributed by atoms with Crippen LogP contribution in [0.1, 0.15) is 63.2 Å². The number of amides is 1. The number of nitrogens with zero attached hydrogens (tertiary/aromatic N) is 3. The predicted molar refractivity (Wildman–Crippen MR) is 140 cm³/mol. The summed E-state index contributed by atoms with van der Waals surface area (Å²) in [5.74, 6) is -0.343. The summed E-state index contributed by atoms with van der Waals surface area (Å²) in [7, 11) is 0. The highest BCUT2D eigenvalue weighted by Gasteiger charge is 2.25. The van der Waals surface area contributed by atoms with Crippen molar-refractivity contribution in [1.82, 2.24) is 20.2 Å². The van der Waals surface area contributed by atoms with Crippen LogP contribution in [-0.2, 0) is 0 Å². The van der Waals surface area contributed by atoms with Gasteiger partial charge in [-0.2, -0.15) is 10.4 Å². The van der Waals surface area contributed by atoms with Crippen LogP contribution in [0.15, 0.2) is 79.1 Å². The summed E-state index contributed by atoms with van der Waals surface area (Å²) < 4.78 is 1.52. The number of rotatable bonds is 10. The van der Waals surface area contributed by atoms with E-state index in [0.717, 1.165) is 11.1 Å². The molecule has 0 saturated carbocycles. The van der Waals surface area contributed by atoms with Crippen molar-refractivity contribution in [2.75, 3.05) is 13.1 Å². The Balaban J connectivity index is 1.56. The van der Waals surface area contributed by atoms with Gasteiger partial charge in [-0.15, -0.1) is 0 Å². The van der Waals surface area contributed by atoms with E-state index in [-0.39, 0.29) is 24.2 Å². The molecule has 3 N–H and O–H groups in total. The molecular formula is C29H29N5O3. The number of nitrogens with one attached hydrogen (secondary N) is 2. The molecule has 188 valence electrons. The Hall–Kier alpha value is -4.32. The minimum absolute atomic E-state index is 0.110. The summed E-state index contributed by atoms with van der Waals surface area (Å²) in [6.45, 7) is 4.35. The molecule has 8 nitrogen and oxygen atoms in total. The quantitative estimate of drug-likeness (QED) is 0.289. The molecule has 0 saturated heterocycles. The molecule has 4 rings (SSSR count). The first-order valence-corrected chi connectivity index (χ1v) is 12.1. The zero-order valence-electron chi connectivity index (χ0n) is 20.8. The maximum Gasteiger partial charge on any atom is 0.252 e. The van der Waals surface area contributed by atoms with Gasteiger partial charge in [-0.3, -0.25) is 9.59 Å². The number of hydrogen-bond acceptors (Lipinski definition) is 6. The third-order valence-electron chi connectivity index (χ3n) is 6.23. The number of Topliss-reactive ketones (excluding diaryl/α,β-unsaturated/α-hetero) is 1. The molecule has 1 amide bonds. The van der Waals surface area contributed by atoms with Crippen LogP contribution >= 0.6 is 0 Å². The number of nitriles is 1. The minimum atomic E-state index is -0.649. The molecule has 8 heteroatoms. The fourth-order valence-corrected chi connectivity index (χ4v) is 4.11. The first-order valence-electron chi connectivity index (χ1n) is 12.1. The molecular weight excluding hydrogens is 466 g/mol. The van der Waals surface area contributed by atoms with Crippen molar-refractivity contribution in [3.8, 4) is 6.07 Å². The molecule has 0 radical (unpaired) electrons. The van der Waals surface area contributed by atoms with Gasteiger partial charge < -0.3 is 15.7 Å². The second kappa shape index (κ2) is 11.6. The summed E-state index contributed by atoms with van der Waals surface area (Å²) in [5.41, 5.74) is 3.95. The normalized spacial score (nSPS) is 13.5. The standard InChI is InChI=1S/C29H29N5O3/c1-19(22-10-8-21(14-30)9-11-22)15-31-27(23-6-4-3-5-7-23)28(36)25-17-33-34-18-24(12-13-26(25)34)29(37)32-16-20(2)35/h3-13,17-20,27,31,35H,15-16H2,1-2H3,(H,32,37)/t19-,20-,27-/m1/s1. The molecule has 2 aromatic heterocycles. The van der Waals surface area contributed by atoms with Crippen molar-refractivity contribution < 1.29 is 14.7 Å². The van der Waals surface area contributed by atoms with E-state index in [9.17, 15) is 14.7 Å². The number of fused-ring (bicyclic) bond motifs is 1. The van der Waals surface area contributed by atoms with Gasteiger partial charge >= 0.3 is 0 Å². The van der Waals surface area contributed by atoms with Crippen LogP contribution in [-0.4, -0.2) is 45.6 Å². The second-order valence-corrected chi connectivity index (χ2v) is 9.12. The van der Waals surface area contributed by atoms with Crippen LogP contribution in [0.25, 0.3) is 5.52 Å². The molecule has 2 heterocycles. The second-order valence-electron chi connectivity index (χ2n) is 9.12. The Kier molecular flexibility index (Phi) is 8.08. The molecule has 0 bridgehead atoms. The Morgan fingerprint density at radius 1 is 1.00 bits per heavy atom. The van der Waals surface area contributed by atoms with Gasteiger partial charge in [-0.05, 0) is 48.2 Å². The monoisotopic (exact) mass is 495 g/mol. The van der Waals surface area contributed by atoms with Gasteiger partial charge in [0.05, 0.1) is 46.6 Å². The first-order chi connectivity index (χ1) is 17.9. The third-order valence-corrected chi connectivity index (χ3v) is 6.23. The summed E-state index contributed by atoms with van der Waals surface area (Å²) >= 11 is 0. The number of aliphatic hydroxyl groups is 1. The van der Waals surface area contributed by atoms with Crippen LogP contribution in [0, 0.1) is 11.3 Å². The van der Waals surface area contributed by atoms with Gasteiger partial charge in [0.15, 0.2) is 5.78 Å². The van der Waals surface area contributed by atoms with E-state index in [2.05, 4.69) is 28.7 Å². The number of pyridine rings is 1. The molecule has 0 spiro atoms. The van der Waals surface area contributed by atoms with Crippen molar-refractivity contribution in [1.29, 1.82) is 5.26 Å². The number of ketones is 1. The number of hydrogen-bond donors (Lipinski definition) is 3. The maximum absolute atomic E-state index is 13.8. The highest BCUT2D eigenvalue weighted by Crippen LogP contribution is 2.24. The zero-order chi connectivity index (χ0) is 26.4. The summed E-state index contributed by atoms with van der Waals surface area (Å²) in [4.78, 5) is 26.2. The summed E-state index contributed by atoms with van der Waals surface area (Å²) in [6, 6.07) is 21.9. The fraction of sp³-hybridized carbons (Fsp3) is 0.241. The van der Waals surface area contributed by atoms with Gasteiger partial charge in [0.1, 0.15) is 0 Å². The lowest BCUT2D eigenvalue weighted by molar-refractivity contribution is 0.0922. The highest BCUT2D eigenvalue weighted by molar-refractivity contribution is 6.06. The Morgan fingerprint density at radius 3 is 2.41 bits per heavy atom. The van der Waals surface area contributed by atoms with Crippen LogP contribution in [0.2, 0.25) is 0 Å². The van der Waals surface area contributed by atoms with E-state index in [1.54, 1.807) is 37.4 Å². The first kappa shape index (κ1) is 25.8. The molecule has 37 heavy (non-hydrogen) atoms. The number of benzene rings is 2. The van der Waals surface area contributed by atoms with Crippen molar-refractivity contribution in [3.63, 3.8) is 0 Å². The Labute approximate surface area is 215 Å². The molecule has 0 fully saturated rings. The van der Waals surface area contributed by atoms with E-state index in [1.807, 2.05) is 42.5 Å². The molecule has 4 aromatic rings. The number of aromatic nitrogens is 2. The van der Waals surface area contributed by atoms with Crippen LogP contribution in [0.3, 0.4) is 0 Å². The van der Waals surface area contributed by atoms with E-state index in [4.69, 9.17) is 5.26 Å². The fourth-order valence-electron chi connectivity index (χ4n) is 4.11. The average Bonchev–Trinajstić information content (AvgIpc) is 3.35. The SMILES string of the molecule is C[C@H](CN[C@@H](C(=O)c1cnn2cc(C(=O)NC[C@@H](C)O)ccc12)c1ccccc1)c1ccc(C#N)cc1. The number of carbonyl (C=O) groups excluding carboxylic acids is 2. The van der Waals surface area contributed by atoms with Gasteiger partial charge in [0.2, 0.25) is 0 Å². The summed E-state index contributed by atoms with van der Waals surface area (Å²) in [6.07, 6.45) is 2.45. The Morgan fingerprint density at radius 2 is 1.73 bits per heavy atom. The van der Waals surface area contributed by atoms with Crippen LogP contribution < -0.4 is 10.6 Å². The highest BCUT2D eigenvalue weighted by atomic mass is 16.3. The molecule has 3 atom stereocenters. The molecule has 0 aliphatic rings. The van der Waals surface area contributed by atoms with Crippen molar-refractivity contribution in [2.24, 2.45) is 0 Å². The molecule has 0 unspecified atom stereocenters. The largest absolute Gasteiger partial charge is 0.392 e. The number of carbonyl (C=O) groups is 2. The van der Waals surface area contributed by atoms with Gasteiger partial charge in [0, 0.05) is 19.3 Å². The summed E-state index contributed by atoms with van der Waals surface area (Å²) in [5, 5.41) is 28.9. The molecule has 2 aromatic carbocycles. The topological polar surface area (TPSA) is 120 Å². The molecule has 0 aliphatic heterocycles. The van der Waals surface area contributed by atoms with E-state index >= 15 is 0 Å². The van der Waals surface area contributed by atoms with Gasteiger partial charge in [0.25, 0.3) is 5.91 Å². The van der Waals surface area contributed by atoms with E-state index in [1.165, 1.54) is 10.7 Å². The lowest BCUT2D eigenvalue weighted by atomic mass is 9.95. The molecule has 0 aliphatic carbocycles. The third kappa shape index (κ3) is 6.09. The van der Waals surface area contributed by atoms with Crippen LogP contribution in [0.4, 0.5) is 0 Å². The van der Waals surface area contributed by atoms with Gasteiger partial charge in [-0.1, -0.05) is 49.4 Å². The Bertz CT molecular complexity index is 1420. The lowest BCUT2D eigenvalue weighted by Crippen LogP contribution is -2.31. The average molecular weight is 496 g/mol. The predicted octanol–water partition coefficient (Wildman–Crippen LogP) is 3.63.